The molecule has 0 aliphatic heterocycles. The summed E-state index contributed by atoms with van der Waals surface area (Å²) < 4.78 is 19.2. The van der Waals surface area contributed by atoms with Gasteiger partial charge in [0.1, 0.15) is 17.3 Å². The van der Waals surface area contributed by atoms with Crippen LogP contribution >= 0.6 is 11.6 Å². The number of hydrogen-bond donors (Lipinski definition) is 1. The molecular formula is C15H15ClFNO. The Morgan fingerprint density at radius 3 is 2.74 bits per heavy atom. The van der Waals surface area contributed by atoms with Gasteiger partial charge in [0.25, 0.3) is 0 Å². The molecule has 0 atom stereocenters. The second-order valence-electron chi connectivity index (χ2n) is 4.34. The molecular weight excluding hydrogens is 265 g/mol. The molecule has 19 heavy (non-hydrogen) atoms. The maximum Gasteiger partial charge on any atom is 0.131 e. The first kappa shape index (κ1) is 13.8. The van der Waals surface area contributed by atoms with Crippen molar-refractivity contribution in [1.29, 1.82) is 0 Å². The molecule has 100 valence electrons. The van der Waals surface area contributed by atoms with Crippen molar-refractivity contribution in [2.45, 2.75) is 13.5 Å². The molecule has 0 spiro atoms. The van der Waals surface area contributed by atoms with Crippen molar-refractivity contribution in [3.63, 3.8) is 0 Å². The predicted octanol–water partition coefficient (Wildman–Crippen LogP) is 4.30. The van der Waals surface area contributed by atoms with E-state index < -0.39 is 0 Å². The van der Waals surface area contributed by atoms with Crippen molar-refractivity contribution < 1.29 is 9.13 Å². The third-order valence-electron chi connectivity index (χ3n) is 2.69. The largest absolute Gasteiger partial charge is 0.457 e. The molecule has 0 radical (unpaired) electrons. The van der Waals surface area contributed by atoms with Crippen LogP contribution in [0.1, 0.15) is 11.1 Å². The number of ether oxygens (including phenoxy) is 1. The van der Waals surface area contributed by atoms with Gasteiger partial charge in [0.05, 0.1) is 0 Å². The van der Waals surface area contributed by atoms with Gasteiger partial charge in [-0.25, -0.2) is 4.39 Å². The minimum Gasteiger partial charge on any atom is -0.457 e. The average Bonchev–Trinajstić information content (AvgIpc) is 2.33. The van der Waals surface area contributed by atoms with Crippen LogP contribution in [-0.4, -0.2) is 7.05 Å². The van der Waals surface area contributed by atoms with Crippen LogP contribution in [0.4, 0.5) is 4.39 Å². The number of benzene rings is 2. The van der Waals surface area contributed by atoms with E-state index in [0.717, 1.165) is 11.1 Å². The summed E-state index contributed by atoms with van der Waals surface area (Å²) in [5.41, 5.74) is 1.78. The second-order valence-corrected chi connectivity index (χ2v) is 4.77. The normalized spacial score (nSPS) is 10.5. The van der Waals surface area contributed by atoms with E-state index in [9.17, 15) is 4.39 Å². The standard InChI is InChI=1S/C15H15ClFNO/c1-10-3-4-12(16)7-15(10)19-14-6-11(9-18-2)5-13(17)8-14/h3-8,18H,9H2,1-2H3. The number of nitrogens with one attached hydrogen (secondary N) is 1. The van der Waals surface area contributed by atoms with Gasteiger partial charge in [-0.15, -0.1) is 0 Å². The lowest BCUT2D eigenvalue weighted by Crippen LogP contribution is -2.05. The Morgan fingerprint density at radius 2 is 2.00 bits per heavy atom. The van der Waals surface area contributed by atoms with Gasteiger partial charge in [0.15, 0.2) is 0 Å². The minimum atomic E-state index is -0.317. The van der Waals surface area contributed by atoms with Crippen molar-refractivity contribution in [3.05, 3.63) is 58.4 Å². The maximum atomic E-state index is 13.5. The van der Waals surface area contributed by atoms with E-state index >= 15 is 0 Å². The van der Waals surface area contributed by atoms with Crippen molar-refractivity contribution in [2.75, 3.05) is 7.05 Å². The fourth-order valence-electron chi connectivity index (χ4n) is 1.80. The third-order valence-corrected chi connectivity index (χ3v) is 2.93. The van der Waals surface area contributed by atoms with E-state index in [1.165, 1.54) is 12.1 Å². The maximum absolute atomic E-state index is 13.5. The van der Waals surface area contributed by atoms with Crippen LogP contribution in [0.25, 0.3) is 0 Å². The molecule has 0 unspecified atom stereocenters. The number of rotatable bonds is 4. The lowest BCUT2D eigenvalue weighted by molar-refractivity contribution is 0.472. The molecule has 4 heteroatoms. The molecule has 0 fully saturated rings. The Balaban J connectivity index is 2.29. The molecule has 2 rings (SSSR count). The molecule has 0 amide bonds. The van der Waals surface area contributed by atoms with Crippen LogP contribution in [0.3, 0.4) is 0 Å². The van der Waals surface area contributed by atoms with E-state index in [4.69, 9.17) is 16.3 Å². The van der Waals surface area contributed by atoms with Gasteiger partial charge in [0, 0.05) is 17.6 Å². The summed E-state index contributed by atoms with van der Waals surface area (Å²) >= 11 is 5.93. The zero-order chi connectivity index (χ0) is 13.8. The highest BCUT2D eigenvalue weighted by Crippen LogP contribution is 2.29. The van der Waals surface area contributed by atoms with Crippen molar-refractivity contribution >= 4 is 11.6 Å². The van der Waals surface area contributed by atoms with E-state index in [1.54, 1.807) is 18.2 Å². The molecule has 0 heterocycles. The Bertz CT molecular complexity index is 586. The Morgan fingerprint density at radius 1 is 1.21 bits per heavy atom. The van der Waals surface area contributed by atoms with Crippen LogP contribution in [0.15, 0.2) is 36.4 Å². The topological polar surface area (TPSA) is 21.3 Å². The first-order valence-electron chi connectivity index (χ1n) is 5.96. The van der Waals surface area contributed by atoms with Crippen molar-refractivity contribution in [3.8, 4) is 11.5 Å². The molecule has 0 saturated heterocycles. The Kier molecular flexibility index (Phi) is 4.40. The van der Waals surface area contributed by atoms with Crippen molar-refractivity contribution in [1.82, 2.24) is 5.32 Å². The van der Waals surface area contributed by atoms with E-state index in [0.29, 0.717) is 23.1 Å². The first-order chi connectivity index (χ1) is 9.08. The highest BCUT2D eigenvalue weighted by molar-refractivity contribution is 6.30. The SMILES string of the molecule is CNCc1cc(F)cc(Oc2cc(Cl)ccc2C)c1. The van der Waals surface area contributed by atoms with Gasteiger partial charge in [0.2, 0.25) is 0 Å². The Labute approximate surface area is 117 Å². The summed E-state index contributed by atoms with van der Waals surface area (Å²) in [6.45, 7) is 2.50. The van der Waals surface area contributed by atoms with Crippen molar-refractivity contribution in [2.24, 2.45) is 0 Å². The zero-order valence-corrected chi connectivity index (χ0v) is 11.6. The number of halogens is 2. The van der Waals surface area contributed by atoms with Gasteiger partial charge >= 0.3 is 0 Å². The molecule has 2 aromatic rings. The van der Waals surface area contributed by atoms with Gasteiger partial charge in [-0.1, -0.05) is 17.7 Å². The minimum absolute atomic E-state index is 0.317. The van der Waals surface area contributed by atoms with Gasteiger partial charge < -0.3 is 10.1 Å². The van der Waals surface area contributed by atoms with Crippen LogP contribution in [-0.2, 0) is 6.54 Å². The first-order valence-corrected chi connectivity index (χ1v) is 6.34. The second kappa shape index (κ2) is 6.04. The molecule has 0 bridgehead atoms. The average molecular weight is 280 g/mol. The zero-order valence-electron chi connectivity index (χ0n) is 10.8. The third kappa shape index (κ3) is 3.69. The summed E-state index contributed by atoms with van der Waals surface area (Å²) in [4.78, 5) is 0. The summed E-state index contributed by atoms with van der Waals surface area (Å²) in [6, 6.07) is 10.0. The molecule has 1 N–H and O–H groups in total. The van der Waals surface area contributed by atoms with Crippen LogP contribution in [0.5, 0.6) is 11.5 Å². The van der Waals surface area contributed by atoms with Crippen LogP contribution < -0.4 is 10.1 Å². The quantitative estimate of drug-likeness (QED) is 0.901. The monoisotopic (exact) mass is 279 g/mol. The molecule has 2 aromatic carbocycles. The smallest absolute Gasteiger partial charge is 0.131 e. The number of aryl methyl sites for hydroxylation is 1. The Hall–Kier alpha value is -1.58. The highest BCUT2D eigenvalue weighted by atomic mass is 35.5. The molecule has 2 nitrogen and oxygen atoms in total. The van der Waals surface area contributed by atoms with Crippen LogP contribution in [0.2, 0.25) is 5.02 Å². The summed E-state index contributed by atoms with van der Waals surface area (Å²) in [7, 11) is 1.81. The molecule has 0 saturated carbocycles. The molecule has 0 aliphatic carbocycles. The lowest BCUT2D eigenvalue weighted by Gasteiger charge is -2.10. The van der Waals surface area contributed by atoms with Gasteiger partial charge in [-0.05, 0) is 49.4 Å². The highest BCUT2D eigenvalue weighted by Gasteiger charge is 2.06. The molecule has 0 aromatic heterocycles. The fraction of sp³-hybridized carbons (Fsp3) is 0.200. The fourth-order valence-corrected chi connectivity index (χ4v) is 1.96. The summed E-state index contributed by atoms with van der Waals surface area (Å²) in [6.07, 6.45) is 0. The summed E-state index contributed by atoms with van der Waals surface area (Å²) in [5.74, 6) is 0.784. The van der Waals surface area contributed by atoms with E-state index in [2.05, 4.69) is 5.32 Å². The van der Waals surface area contributed by atoms with Gasteiger partial charge in [-0.2, -0.15) is 0 Å². The number of hydrogen-bond acceptors (Lipinski definition) is 2. The predicted molar refractivity (Wildman–Crippen MR) is 75.4 cm³/mol. The summed E-state index contributed by atoms with van der Waals surface area (Å²) in [5, 5.41) is 3.57. The van der Waals surface area contributed by atoms with Gasteiger partial charge in [-0.3, -0.25) is 0 Å². The van der Waals surface area contributed by atoms with Crippen LogP contribution in [0, 0.1) is 12.7 Å². The van der Waals surface area contributed by atoms with E-state index in [-0.39, 0.29) is 5.82 Å². The van der Waals surface area contributed by atoms with E-state index in [1.807, 2.05) is 20.0 Å². The lowest BCUT2D eigenvalue weighted by atomic mass is 10.2. The molecule has 0 aliphatic rings.